The maximum atomic E-state index is 13.8. The monoisotopic (exact) mass is 297 g/mol. The lowest BCUT2D eigenvalue weighted by Gasteiger charge is -2.33. The Labute approximate surface area is 121 Å². The zero-order chi connectivity index (χ0) is 15.6. The molecular weight excluding hydrogens is 281 g/mol. The minimum Gasteiger partial charge on any atom is -0.465 e. The number of carbonyl (C=O) groups excluding carboxylic acids is 1. The number of anilines is 1. The summed E-state index contributed by atoms with van der Waals surface area (Å²) in [7, 11) is 3.09. The molecule has 0 aromatic heterocycles. The van der Waals surface area contributed by atoms with Gasteiger partial charge in [0, 0.05) is 26.2 Å². The fraction of sp³-hybridized carbons (Fsp3) is 0.462. The average Bonchev–Trinajstić information content (AvgIpc) is 2.47. The molecule has 0 bridgehead atoms. The van der Waals surface area contributed by atoms with Gasteiger partial charge in [-0.25, -0.2) is 9.18 Å². The number of methoxy groups -OCH3 is 1. The van der Waals surface area contributed by atoms with Crippen molar-refractivity contribution in [2.75, 3.05) is 45.2 Å². The number of nitro benzene ring substituents is 1. The Hall–Kier alpha value is -2.22. The predicted octanol–water partition coefficient (Wildman–Crippen LogP) is 1.27. The smallest absolute Gasteiger partial charge is 0.340 e. The van der Waals surface area contributed by atoms with Crippen LogP contribution in [-0.4, -0.2) is 56.1 Å². The first-order valence-electron chi connectivity index (χ1n) is 6.43. The van der Waals surface area contributed by atoms with Gasteiger partial charge >= 0.3 is 5.97 Å². The quantitative estimate of drug-likeness (QED) is 0.475. The van der Waals surface area contributed by atoms with Crippen molar-refractivity contribution < 1.29 is 18.8 Å². The second kappa shape index (κ2) is 6.04. The van der Waals surface area contributed by atoms with Gasteiger partial charge in [0.2, 0.25) is 0 Å². The third-order valence-corrected chi connectivity index (χ3v) is 3.51. The number of rotatable bonds is 3. The van der Waals surface area contributed by atoms with Crippen LogP contribution in [0.1, 0.15) is 10.4 Å². The minimum atomic E-state index is -0.952. The van der Waals surface area contributed by atoms with Gasteiger partial charge in [-0.2, -0.15) is 0 Å². The number of piperazine rings is 1. The number of hydrogen-bond acceptors (Lipinski definition) is 6. The van der Waals surface area contributed by atoms with Crippen molar-refractivity contribution in [3.8, 4) is 0 Å². The van der Waals surface area contributed by atoms with E-state index >= 15 is 0 Å². The summed E-state index contributed by atoms with van der Waals surface area (Å²) in [6.07, 6.45) is 0. The Morgan fingerprint density at radius 3 is 2.48 bits per heavy atom. The van der Waals surface area contributed by atoms with Gasteiger partial charge in [0.05, 0.1) is 23.7 Å². The molecule has 0 radical (unpaired) electrons. The molecule has 1 aromatic rings. The summed E-state index contributed by atoms with van der Waals surface area (Å²) in [6.45, 7) is 2.62. The maximum absolute atomic E-state index is 13.8. The van der Waals surface area contributed by atoms with Crippen molar-refractivity contribution in [1.29, 1.82) is 0 Å². The van der Waals surface area contributed by atoms with Crippen LogP contribution < -0.4 is 4.90 Å². The van der Waals surface area contributed by atoms with E-state index in [1.807, 2.05) is 7.05 Å². The van der Waals surface area contributed by atoms with Gasteiger partial charge in [-0.15, -0.1) is 0 Å². The number of nitrogens with zero attached hydrogens (tertiary/aromatic N) is 3. The van der Waals surface area contributed by atoms with Gasteiger partial charge < -0.3 is 14.5 Å². The molecule has 1 fully saturated rings. The maximum Gasteiger partial charge on any atom is 0.340 e. The molecule has 21 heavy (non-hydrogen) atoms. The summed E-state index contributed by atoms with van der Waals surface area (Å²) in [5.41, 5.74) is -0.392. The highest BCUT2D eigenvalue weighted by molar-refractivity contribution is 5.92. The number of halogens is 1. The molecule has 8 heteroatoms. The van der Waals surface area contributed by atoms with Crippen molar-refractivity contribution in [1.82, 2.24) is 4.90 Å². The fourth-order valence-electron chi connectivity index (χ4n) is 2.26. The molecule has 0 aliphatic carbocycles. The van der Waals surface area contributed by atoms with Crippen LogP contribution in [0, 0.1) is 15.9 Å². The Morgan fingerprint density at radius 2 is 1.95 bits per heavy atom. The van der Waals surface area contributed by atoms with E-state index in [0.717, 1.165) is 26.3 Å². The van der Waals surface area contributed by atoms with Crippen LogP contribution >= 0.6 is 0 Å². The molecule has 0 spiro atoms. The largest absolute Gasteiger partial charge is 0.465 e. The van der Waals surface area contributed by atoms with E-state index in [9.17, 15) is 19.3 Å². The SMILES string of the molecule is COC(=O)c1cc(N2CCN(C)CC2)c([N+](=O)[O-])cc1F. The molecule has 1 saturated heterocycles. The molecular formula is C13H16FN3O4. The van der Waals surface area contributed by atoms with Crippen molar-refractivity contribution in [3.05, 3.63) is 33.6 Å². The minimum absolute atomic E-state index is 0.245. The Balaban J connectivity index is 2.45. The first kappa shape index (κ1) is 15.2. The molecule has 2 rings (SSSR count). The van der Waals surface area contributed by atoms with Crippen LogP contribution in [0.15, 0.2) is 12.1 Å². The van der Waals surface area contributed by atoms with E-state index in [1.54, 1.807) is 4.90 Å². The zero-order valence-electron chi connectivity index (χ0n) is 11.8. The summed E-state index contributed by atoms with van der Waals surface area (Å²) < 4.78 is 18.3. The molecule has 0 saturated carbocycles. The number of carbonyl (C=O) groups is 1. The molecule has 1 aliphatic rings. The number of esters is 1. The van der Waals surface area contributed by atoms with Gasteiger partial charge in [0.1, 0.15) is 11.5 Å². The van der Waals surface area contributed by atoms with E-state index in [4.69, 9.17) is 0 Å². The van der Waals surface area contributed by atoms with Gasteiger partial charge in [-0.05, 0) is 13.1 Å². The number of nitro groups is 1. The summed E-state index contributed by atoms with van der Waals surface area (Å²) in [5.74, 6) is -1.80. The summed E-state index contributed by atoms with van der Waals surface area (Å²) in [5, 5.41) is 11.1. The van der Waals surface area contributed by atoms with Crippen LogP contribution in [0.4, 0.5) is 15.8 Å². The molecule has 0 amide bonds. The Bertz CT molecular complexity index is 571. The molecule has 1 aliphatic heterocycles. The van der Waals surface area contributed by atoms with Gasteiger partial charge in [-0.3, -0.25) is 10.1 Å². The first-order chi connectivity index (χ1) is 9.93. The predicted molar refractivity (Wildman–Crippen MR) is 74.1 cm³/mol. The molecule has 114 valence electrons. The lowest BCUT2D eigenvalue weighted by Crippen LogP contribution is -2.44. The average molecular weight is 297 g/mol. The number of likely N-dealkylation sites (N-methyl/N-ethyl adjacent to an activating group) is 1. The summed E-state index contributed by atoms with van der Waals surface area (Å²) in [6, 6.07) is 1.98. The van der Waals surface area contributed by atoms with Crippen molar-refractivity contribution in [2.24, 2.45) is 0 Å². The first-order valence-corrected chi connectivity index (χ1v) is 6.43. The molecule has 7 nitrogen and oxygen atoms in total. The fourth-order valence-corrected chi connectivity index (χ4v) is 2.26. The third-order valence-electron chi connectivity index (χ3n) is 3.51. The van der Waals surface area contributed by atoms with E-state index in [0.29, 0.717) is 13.1 Å². The number of benzene rings is 1. The number of ether oxygens (including phenoxy) is 1. The van der Waals surface area contributed by atoms with Gasteiger partial charge in [0.25, 0.3) is 5.69 Å². The van der Waals surface area contributed by atoms with Crippen LogP contribution in [-0.2, 0) is 4.74 Å². The third kappa shape index (κ3) is 3.10. The van der Waals surface area contributed by atoms with E-state index < -0.39 is 16.7 Å². The molecule has 0 atom stereocenters. The number of hydrogen-bond donors (Lipinski definition) is 0. The van der Waals surface area contributed by atoms with Crippen LogP contribution in [0.25, 0.3) is 0 Å². The molecule has 0 unspecified atom stereocenters. The van der Waals surface area contributed by atoms with E-state index in [1.165, 1.54) is 6.07 Å². The zero-order valence-corrected chi connectivity index (χ0v) is 11.8. The summed E-state index contributed by atoms with van der Waals surface area (Å²) in [4.78, 5) is 25.9. The second-order valence-corrected chi connectivity index (χ2v) is 4.86. The van der Waals surface area contributed by atoms with Crippen molar-refractivity contribution >= 4 is 17.3 Å². The lowest BCUT2D eigenvalue weighted by molar-refractivity contribution is -0.384. The highest BCUT2D eigenvalue weighted by atomic mass is 19.1. The van der Waals surface area contributed by atoms with E-state index in [2.05, 4.69) is 9.64 Å². The van der Waals surface area contributed by atoms with Crippen LogP contribution in [0.2, 0.25) is 0 Å². The van der Waals surface area contributed by atoms with Crippen LogP contribution in [0.5, 0.6) is 0 Å². The van der Waals surface area contributed by atoms with Crippen molar-refractivity contribution in [3.63, 3.8) is 0 Å². The van der Waals surface area contributed by atoms with Crippen molar-refractivity contribution in [2.45, 2.75) is 0 Å². The normalized spacial score (nSPS) is 15.9. The van der Waals surface area contributed by atoms with Crippen LogP contribution in [0.3, 0.4) is 0 Å². The highest BCUT2D eigenvalue weighted by Gasteiger charge is 2.27. The molecule has 0 N–H and O–H groups in total. The highest BCUT2D eigenvalue weighted by Crippen LogP contribution is 2.32. The Kier molecular flexibility index (Phi) is 4.37. The molecule has 1 aromatic carbocycles. The second-order valence-electron chi connectivity index (χ2n) is 4.86. The molecule has 1 heterocycles. The standard InChI is InChI=1S/C13H16FN3O4/c1-15-3-5-16(6-4-15)11-7-9(13(18)21-2)10(14)8-12(11)17(19)20/h7-8H,3-6H2,1-2H3. The van der Waals surface area contributed by atoms with Gasteiger partial charge in [-0.1, -0.05) is 0 Å². The van der Waals surface area contributed by atoms with E-state index in [-0.39, 0.29) is 16.9 Å². The topological polar surface area (TPSA) is 75.9 Å². The summed E-state index contributed by atoms with van der Waals surface area (Å²) >= 11 is 0. The van der Waals surface area contributed by atoms with Gasteiger partial charge in [0.15, 0.2) is 0 Å². The lowest BCUT2D eigenvalue weighted by atomic mass is 10.1. The Morgan fingerprint density at radius 1 is 1.33 bits per heavy atom.